The number of rotatable bonds is 6. The second-order valence-electron chi connectivity index (χ2n) is 8.70. The molecule has 2 heterocycles. The molecule has 0 aliphatic carbocycles. The molecular weight excluding hydrogens is 364 g/mol. The molecule has 2 rings (SSSR count). The number of ether oxygens (including phenoxy) is 1. The molecule has 0 aromatic heterocycles. The molecule has 2 N–H and O–H groups in total. The Morgan fingerprint density at radius 3 is 2.56 bits per heavy atom. The summed E-state index contributed by atoms with van der Waals surface area (Å²) in [5.41, 5.74) is 0.126. The van der Waals surface area contributed by atoms with Gasteiger partial charge in [0.2, 0.25) is 0 Å². The highest BCUT2D eigenvalue weighted by Crippen LogP contribution is 2.34. The fourth-order valence-corrected chi connectivity index (χ4v) is 5.12. The van der Waals surface area contributed by atoms with E-state index in [4.69, 9.17) is 9.73 Å². The van der Waals surface area contributed by atoms with Crippen molar-refractivity contribution in [2.75, 3.05) is 57.4 Å². The Kier molecular flexibility index (Phi) is 8.37. The largest absolute Gasteiger partial charge is 0.377 e. The van der Waals surface area contributed by atoms with Crippen molar-refractivity contribution in [1.29, 1.82) is 0 Å². The summed E-state index contributed by atoms with van der Waals surface area (Å²) in [6.07, 6.45) is 2.51. The van der Waals surface area contributed by atoms with Crippen molar-refractivity contribution in [2.45, 2.75) is 46.6 Å². The Hall–Kier alpha value is -0.860. The summed E-state index contributed by atoms with van der Waals surface area (Å²) in [5.74, 6) is 1.83. The zero-order valence-corrected chi connectivity index (χ0v) is 18.3. The number of sulfone groups is 1. The van der Waals surface area contributed by atoms with Gasteiger partial charge >= 0.3 is 0 Å². The lowest BCUT2D eigenvalue weighted by Crippen LogP contribution is -2.46. The van der Waals surface area contributed by atoms with Gasteiger partial charge in [-0.2, -0.15) is 0 Å². The van der Waals surface area contributed by atoms with Crippen molar-refractivity contribution in [3.05, 3.63) is 0 Å². The smallest absolute Gasteiger partial charge is 0.191 e. The maximum atomic E-state index is 11.5. The van der Waals surface area contributed by atoms with E-state index in [-0.39, 0.29) is 23.0 Å². The van der Waals surface area contributed by atoms with E-state index in [1.165, 1.54) is 0 Å². The second-order valence-corrected chi connectivity index (χ2v) is 11.0. The van der Waals surface area contributed by atoms with Gasteiger partial charge in [-0.25, -0.2) is 8.42 Å². The fraction of sp³-hybridized carbons (Fsp3) is 0.947. The summed E-state index contributed by atoms with van der Waals surface area (Å²) in [6, 6.07) is 0. The van der Waals surface area contributed by atoms with Gasteiger partial charge in [-0.15, -0.1) is 0 Å². The van der Waals surface area contributed by atoms with Gasteiger partial charge in [0.15, 0.2) is 15.8 Å². The topological polar surface area (TPSA) is 83.0 Å². The van der Waals surface area contributed by atoms with Gasteiger partial charge in [0.25, 0.3) is 0 Å². The third-order valence-corrected chi connectivity index (χ3v) is 6.89. The molecule has 0 spiro atoms. The molecule has 158 valence electrons. The van der Waals surface area contributed by atoms with E-state index in [0.717, 1.165) is 51.6 Å². The molecule has 0 amide bonds. The molecule has 2 saturated heterocycles. The van der Waals surface area contributed by atoms with Gasteiger partial charge in [-0.05, 0) is 25.2 Å². The van der Waals surface area contributed by atoms with Crippen molar-refractivity contribution < 1.29 is 13.2 Å². The Bertz CT molecular complexity index is 572. The summed E-state index contributed by atoms with van der Waals surface area (Å²) < 4.78 is 29.1. The predicted octanol–water partition coefficient (Wildman–Crippen LogP) is 1.11. The first-order valence-electron chi connectivity index (χ1n) is 10.3. The van der Waals surface area contributed by atoms with Crippen LogP contribution >= 0.6 is 0 Å². The predicted molar refractivity (Wildman–Crippen MR) is 111 cm³/mol. The van der Waals surface area contributed by atoms with E-state index in [9.17, 15) is 8.42 Å². The summed E-state index contributed by atoms with van der Waals surface area (Å²) in [5, 5.41) is 6.70. The van der Waals surface area contributed by atoms with Crippen LogP contribution in [0.1, 0.15) is 40.5 Å². The van der Waals surface area contributed by atoms with Gasteiger partial charge in [0, 0.05) is 51.8 Å². The van der Waals surface area contributed by atoms with Gasteiger partial charge in [-0.1, -0.05) is 20.8 Å². The molecule has 2 aliphatic heterocycles. The van der Waals surface area contributed by atoms with Crippen molar-refractivity contribution in [3.63, 3.8) is 0 Å². The standard InChI is InChI=1S/C19H38N4O3S/c1-5-20-18(21-8-9-23-10-13-27(24,25)14-11-23)22-15-16-7-6-12-26-17(16)19(2,3)4/h16-17H,5-15H2,1-4H3,(H2,20,21,22). The summed E-state index contributed by atoms with van der Waals surface area (Å²) >= 11 is 0. The number of hydrogen-bond acceptors (Lipinski definition) is 5. The first kappa shape index (κ1) is 22.4. The lowest BCUT2D eigenvalue weighted by Gasteiger charge is -2.39. The van der Waals surface area contributed by atoms with Crippen LogP contribution in [0.2, 0.25) is 0 Å². The van der Waals surface area contributed by atoms with Gasteiger partial charge in [0.1, 0.15) is 0 Å². The number of aliphatic imine (C=N–C) groups is 1. The molecule has 0 aromatic rings. The SMILES string of the molecule is CCNC(=NCC1CCCOC1C(C)(C)C)NCCN1CCS(=O)(=O)CC1. The zero-order valence-electron chi connectivity index (χ0n) is 17.5. The average Bonchev–Trinajstić information content (AvgIpc) is 2.60. The van der Waals surface area contributed by atoms with Gasteiger partial charge < -0.3 is 15.4 Å². The van der Waals surface area contributed by atoms with Crippen molar-refractivity contribution in [1.82, 2.24) is 15.5 Å². The molecule has 7 nitrogen and oxygen atoms in total. The third kappa shape index (κ3) is 7.58. The minimum Gasteiger partial charge on any atom is -0.377 e. The van der Waals surface area contributed by atoms with Gasteiger partial charge in [-0.3, -0.25) is 9.89 Å². The van der Waals surface area contributed by atoms with Crippen molar-refractivity contribution in [3.8, 4) is 0 Å². The Labute approximate surface area is 165 Å². The first-order valence-corrected chi connectivity index (χ1v) is 12.1. The molecule has 0 radical (unpaired) electrons. The quantitative estimate of drug-likeness (QED) is 0.512. The normalized spacial score (nSPS) is 27.3. The maximum Gasteiger partial charge on any atom is 0.191 e. The number of nitrogens with one attached hydrogen (secondary N) is 2. The van der Waals surface area contributed by atoms with Crippen LogP contribution in [-0.4, -0.2) is 82.8 Å². The fourth-order valence-electron chi connectivity index (χ4n) is 3.84. The van der Waals surface area contributed by atoms with Crippen LogP contribution in [-0.2, 0) is 14.6 Å². The van der Waals surface area contributed by atoms with Crippen LogP contribution in [0.15, 0.2) is 4.99 Å². The van der Waals surface area contributed by atoms with E-state index in [1.54, 1.807) is 0 Å². The molecule has 0 bridgehead atoms. The molecule has 2 unspecified atom stereocenters. The lowest BCUT2D eigenvalue weighted by molar-refractivity contribution is -0.0823. The van der Waals surface area contributed by atoms with Crippen LogP contribution in [0.5, 0.6) is 0 Å². The molecule has 2 aliphatic rings. The van der Waals surface area contributed by atoms with Crippen molar-refractivity contribution >= 4 is 15.8 Å². The number of hydrogen-bond donors (Lipinski definition) is 2. The Morgan fingerprint density at radius 2 is 1.93 bits per heavy atom. The molecule has 2 atom stereocenters. The lowest BCUT2D eigenvalue weighted by atomic mass is 9.78. The number of guanidine groups is 1. The number of nitrogens with zero attached hydrogens (tertiary/aromatic N) is 2. The monoisotopic (exact) mass is 402 g/mol. The minimum absolute atomic E-state index is 0.126. The highest BCUT2D eigenvalue weighted by molar-refractivity contribution is 7.91. The minimum atomic E-state index is -2.81. The molecule has 0 saturated carbocycles. The van der Waals surface area contributed by atoms with E-state index in [0.29, 0.717) is 19.0 Å². The van der Waals surface area contributed by atoms with Crippen molar-refractivity contribution in [2.24, 2.45) is 16.3 Å². The van der Waals surface area contributed by atoms with E-state index < -0.39 is 9.84 Å². The zero-order chi connectivity index (χ0) is 19.9. The summed E-state index contributed by atoms with van der Waals surface area (Å²) in [4.78, 5) is 7.00. The van der Waals surface area contributed by atoms with Crippen LogP contribution in [0, 0.1) is 11.3 Å². The van der Waals surface area contributed by atoms with Crippen LogP contribution in [0.3, 0.4) is 0 Å². The first-order chi connectivity index (χ1) is 12.7. The summed E-state index contributed by atoms with van der Waals surface area (Å²) in [7, 11) is -2.81. The van der Waals surface area contributed by atoms with E-state index in [2.05, 4.69) is 43.2 Å². The Morgan fingerprint density at radius 1 is 1.22 bits per heavy atom. The average molecular weight is 403 g/mol. The van der Waals surface area contributed by atoms with Crippen LogP contribution in [0.25, 0.3) is 0 Å². The van der Waals surface area contributed by atoms with Gasteiger partial charge in [0.05, 0.1) is 17.6 Å². The third-order valence-electron chi connectivity index (χ3n) is 5.28. The highest BCUT2D eigenvalue weighted by Gasteiger charge is 2.35. The van der Waals surface area contributed by atoms with Crippen LogP contribution < -0.4 is 10.6 Å². The Balaban J connectivity index is 1.82. The molecule has 8 heteroatoms. The van der Waals surface area contributed by atoms with Crippen LogP contribution in [0.4, 0.5) is 0 Å². The summed E-state index contributed by atoms with van der Waals surface area (Å²) in [6.45, 7) is 14.1. The molecule has 0 aromatic carbocycles. The second kappa shape index (κ2) is 10.1. The van der Waals surface area contributed by atoms with E-state index >= 15 is 0 Å². The highest BCUT2D eigenvalue weighted by atomic mass is 32.2. The molecular formula is C19H38N4O3S. The molecule has 27 heavy (non-hydrogen) atoms. The van der Waals surface area contributed by atoms with E-state index in [1.807, 2.05) is 0 Å². The maximum absolute atomic E-state index is 11.5. The molecule has 2 fully saturated rings.